The summed E-state index contributed by atoms with van der Waals surface area (Å²) >= 11 is 0. The molecule has 0 saturated carbocycles. The summed E-state index contributed by atoms with van der Waals surface area (Å²) in [6.45, 7) is 5.44. The predicted molar refractivity (Wildman–Crippen MR) is 168 cm³/mol. The summed E-state index contributed by atoms with van der Waals surface area (Å²) in [6.07, 6.45) is 5.30. The Morgan fingerprint density at radius 3 is 2.02 bits per heavy atom. The molecule has 0 saturated heterocycles. The molecular weight excluding hydrogens is 562 g/mol. The number of hydrogen-bond acceptors (Lipinski definition) is 8. The van der Waals surface area contributed by atoms with Gasteiger partial charge in [0.05, 0.1) is 71.7 Å². The number of rotatable bonds is 21. The second-order valence-electron chi connectivity index (χ2n) is 9.78. The maximum atomic E-state index is 13.6. The van der Waals surface area contributed by atoms with E-state index in [1.165, 1.54) is 0 Å². The molecular formula is C34H43N3O7. The Balaban J connectivity index is 1.53. The van der Waals surface area contributed by atoms with E-state index in [2.05, 4.69) is 17.8 Å². The Morgan fingerprint density at radius 1 is 0.773 bits per heavy atom. The normalized spacial score (nSPS) is 11.8. The summed E-state index contributed by atoms with van der Waals surface area (Å²) in [4.78, 5) is 30.3. The Morgan fingerprint density at radius 2 is 1.34 bits per heavy atom. The van der Waals surface area contributed by atoms with Crippen molar-refractivity contribution in [3.05, 3.63) is 65.2 Å². The Hall–Kier alpha value is -3.74. The van der Waals surface area contributed by atoms with Gasteiger partial charge in [0.2, 0.25) is 11.8 Å². The lowest BCUT2D eigenvalue weighted by Crippen LogP contribution is -2.38. The maximum absolute atomic E-state index is 13.6. The highest BCUT2D eigenvalue weighted by Gasteiger charge is 2.23. The number of terminal acetylenes is 1. The number of fused-ring (bicyclic) bond motifs is 2. The fraction of sp³-hybridized carbons (Fsp3) is 0.471. The Labute approximate surface area is 260 Å². The lowest BCUT2D eigenvalue weighted by molar-refractivity contribution is -0.134. The molecule has 0 aliphatic carbocycles. The van der Waals surface area contributed by atoms with Gasteiger partial charge in [-0.05, 0) is 23.8 Å². The quantitative estimate of drug-likeness (QED) is 0.170. The number of nitrogens with two attached hydrogens (primary N) is 1. The largest absolute Gasteiger partial charge is 0.378 e. The molecule has 0 bridgehead atoms. The smallest absolute Gasteiger partial charge is 0.227 e. The van der Waals surface area contributed by atoms with Crippen LogP contribution in [0.3, 0.4) is 0 Å². The van der Waals surface area contributed by atoms with Gasteiger partial charge in [-0.15, -0.1) is 6.42 Å². The first-order valence-corrected chi connectivity index (χ1v) is 14.9. The summed E-state index contributed by atoms with van der Waals surface area (Å²) in [7, 11) is 0. The number of para-hydroxylation sites is 1. The van der Waals surface area contributed by atoms with E-state index < -0.39 is 0 Å². The van der Waals surface area contributed by atoms with Crippen molar-refractivity contribution in [1.29, 1.82) is 0 Å². The number of nitrogens with zero attached hydrogens (tertiary/aromatic N) is 2. The van der Waals surface area contributed by atoms with Crippen LogP contribution in [-0.2, 0) is 39.8 Å². The second-order valence-corrected chi connectivity index (χ2v) is 9.78. The molecule has 1 heterocycles. The molecule has 44 heavy (non-hydrogen) atoms. The molecule has 0 unspecified atom stereocenters. The molecule has 0 aromatic heterocycles. The van der Waals surface area contributed by atoms with Crippen molar-refractivity contribution in [2.75, 3.05) is 90.6 Å². The van der Waals surface area contributed by atoms with Crippen molar-refractivity contribution in [3.8, 4) is 24.2 Å². The van der Waals surface area contributed by atoms with Crippen LogP contribution in [0.4, 0.5) is 5.69 Å². The van der Waals surface area contributed by atoms with Gasteiger partial charge < -0.3 is 39.2 Å². The van der Waals surface area contributed by atoms with Crippen molar-refractivity contribution in [1.82, 2.24) is 4.90 Å². The van der Waals surface area contributed by atoms with Crippen LogP contribution in [0.1, 0.15) is 29.5 Å². The summed E-state index contributed by atoms with van der Waals surface area (Å²) < 4.78 is 27.3. The maximum Gasteiger partial charge on any atom is 0.227 e. The van der Waals surface area contributed by atoms with Crippen LogP contribution in [0.15, 0.2) is 48.5 Å². The summed E-state index contributed by atoms with van der Waals surface area (Å²) in [6, 6.07) is 15.4. The number of ether oxygens (including phenoxy) is 5. The molecule has 0 atom stereocenters. The van der Waals surface area contributed by atoms with Crippen molar-refractivity contribution in [2.24, 2.45) is 5.73 Å². The molecule has 10 nitrogen and oxygen atoms in total. The first-order chi connectivity index (χ1) is 21.6. The topological polar surface area (TPSA) is 113 Å². The molecule has 2 amide bonds. The van der Waals surface area contributed by atoms with Crippen LogP contribution in [-0.4, -0.2) is 102 Å². The lowest BCUT2D eigenvalue weighted by atomic mass is 10.0. The molecule has 10 heteroatoms. The third-order valence-corrected chi connectivity index (χ3v) is 6.65. The monoisotopic (exact) mass is 605 g/mol. The summed E-state index contributed by atoms with van der Waals surface area (Å²) in [5, 5.41) is 0. The Kier molecular flexibility index (Phi) is 16.6. The zero-order chi connectivity index (χ0) is 31.2. The van der Waals surface area contributed by atoms with Crippen molar-refractivity contribution < 1.29 is 33.3 Å². The highest BCUT2D eigenvalue weighted by molar-refractivity contribution is 5.96. The van der Waals surface area contributed by atoms with E-state index in [-0.39, 0.29) is 31.3 Å². The van der Waals surface area contributed by atoms with Crippen LogP contribution >= 0.6 is 0 Å². The van der Waals surface area contributed by atoms with Gasteiger partial charge in [0, 0.05) is 43.6 Å². The molecule has 2 aromatic carbocycles. The third-order valence-electron chi connectivity index (χ3n) is 6.65. The van der Waals surface area contributed by atoms with E-state index in [4.69, 9.17) is 35.8 Å². The molecule has 0 fully saturated rings. The van der Waals surface area contributed by atoms with Gasteiger partial charge in [-0.3, -0.25) is 9.59 Å². The molecule has 2 aromatic rings. The van der Waals surface area contributed by atoms with Crippen molar-refractivity contribution in [2.45, 2.75) is 19.4 Å². The van der Waals surface area contributed by atoms with E-state index in [1.807, 2.05) is 48.5 Å². The van der Waals surface area contributed by atoms with Gasteiger partial charge in [-0.2, -0.15) is 0 Å². The minimum absolute atomic E-state index is 0.0565. The lowest BCUT2D eigenvalue weighted by Gasteiger charge is -2.27. The first kappa shape index (κ1) is 34.7. The molecule has 2 N–H and O–H groups in total. The fourth-order valence-electron chi connectivity index (χ4n) is 4.40. The van der Waals surface area contributed by atoms with Gasteiger partial charge in [-0.25, -0.2) is 0 Å². The minimum Gasteiger partial charge on any atom is -0.378 e. The average molecular weight is 606 g/mol. The molecule has 0 spiro atoms. The second kappa shape index (κ2) is 21.0. The van der Waals surface area contributed by atoms with E-state index >= 15 is 0 Å². The molecule has 0 radical (unpaired) electrons. The van der Waals surface area contributed by atoms with Gasteiger partial charge >= 0.3 is 0 Å². The highest BCUT2D eigenvalue weighted by atomic mass is 16.5. The minimum atomic E-state index is -0.150. The Bertz CT molecular complexity index is 1270. The number of anilines is 1. The van der Waals surface area contributed by atoms with Crippen molar-refractivity contribution >= 4 is 17.5 Å². The van der Waals surface area contributed by atoms with E-state index in [0.29, 0.717) is 85.6 Å². The molecule has 1 aliphatic heterocycles. The summed E-state index contributed by atoms with van der Waals surface area (Å²) in [5.41, 5.74) is 8.75. The SMILES string of the molecule is C#CCOCCOCCN(CCOCCOCCOCCN)C(=O)CCC(=O)N1Cc2ccccc2C#Cc2ccccc21. The number of hydrogen-bond donors (Lipinski definition) is 1. The number of carbonyl (C=O) groups excluding carboxylic acids is 2. The van der Waals surface area contributed by atoms with E-state index in [9.17, 15) is 9.59 Å². The molecule has 1 aliphatic rings. The summed E-state index contributed by atoms with van der Waals surface area (Å²) in [5.74, 6) is 8.54. The van der Waals surface area contributed by atoms with Gasteiger partial charge in [0.1, 0.15) is 6.61 Å². The number of benzene rings is 2. The first-order valence-electron chi connectivity index (χ1n) is 14.9. The number of carbonyl (C=O) groups is 2. The zero-order valence-corrected chi connectivity index (χ0v) is 25.3. The number of amides is 2. The van der Waals surface area contributed by atoms with Crippen LogP contribution in [0.25, 0.3) is 0 Å². The molecule has 3 rings (SSSR count). The van der Waals surface area contributed by atoms with Crippen LogP contribution < -0.4 is 10.6 Å². The average Bonchev–Trinajstić information content (AvgIpc) is 3.04. The van der Waals surface area contributed by atoms with Crippen LogP contribution in [0, 0.1) is 24.2 Å². The van der Waals surface area contributed by atoms with Gasteiger partial charge in [-0.1, -0.05) is 48.1 Å². The highest BCUT2D eigenvalue weighted by Crippen LogP contribution is 2.26. The fourth-order valence-corrected chi connectivity index (χ4v) is 4.40. The zero-order valence-electron chi connectivity index (χ0n) is 25.3. The van der Waals surface area contributed by atoms with Crippen molar-refractivity contribution in [3.63, 3.8) is 0 Å². The van der Waals surface area contributed by atoms with E-state index in [1.54, 1.807) is 9.80 Å². The van der Waals surface area contributed by atoms with Crippen LogP contribution in [0.2, 0.25) is 0 Å². The third kappa shape index (κ3) is 12.5. The standard InChI is InChI=1S/C34H43N3O7/c1-2-18-40-22-24-42-20-16-36(17-21-43-25-27-44-26-23-41-19-15-35)33(38)13-14-34(39)37-28-31-9-4-3-7-29(31)11-12-30-8-5-6-10-32(30)37/h1,3-10H,13-28,35H2. The molecule has 236 valence electrons. The predicted octanol–water partition coefficient (Wildman–Crippen LogP) is 2.22. The van der Waals surface area contributed by atoms with Gasteiger partial charge in [0.25, 0.3) is 0 Å². The van der Waals surface area contributed by atoms with Gasteiger partial charge in [0.15, 0.2) is 0 Å². The van der Waals surface area contributed by atoms with E-state index in [0.717, 1.165) is 22.4 Å². The van der Waals surface area contributed by atoms with Crippen LogP contribution in [0.5, 0.6) is 0 Å².